The topological polar surface area (TPSA) is 155 Å². The zero-order valence-corrected chi connectivity index (χ0v) is 27.4. The van der Waals surface area contributed by atoms with Crippen LogP contribution in [0.15, 0.2) is 29.8 Å². The summed E-state index contributed by atoms with van der Waals surface area (Å²) in [6, 6.07) is 6.18. The molecule has 1 aromatic heterocycles. The third-order valence-corrected chi connectivity index (χ3v) is 9.45. The van der Waals surface area contributed by atoms with Crippen molar-refractivity contribution < 1.29 is 29.4 Å². The fourth-order valence-electron chi connectivity index (χ4n) is 5.76. The number of carbonyl (C=O) groups excluding carboxylic acids is 3. The fraction of sp³-hybridized carbons (Fsp3) is 0.594. The van der Waals surface area contributed by atoms with E-state index in [0.717, 1.165) is 47.9 Å². The third kappa shape index (κ3) is 9.55. The van der Waals surface area contributed by atoms with E-state index in [-0.39, 0.29) is 50.1 Å². The quantitative estimate of drug-likeness (QED) is 0.271. The van der Waals surface area contributed by atoms with Crippen LogP contribution in [0.3, 0.4) is 0 Å². The van der Waals surface area contributed by atoms with Crippen molar-refractivity contribution in [3.63, 3.8) is 0 Å². The summed E-state index contributed by atoms with van der Waals surface area (Å²) in [5.74, 6) is -1.79. The van der Waals surface area contributed by atoms with Crippen molar-refractivity contribution in [2.75, 3.05) is 45.8 Å². The number of aliphatic hydroxyl groups is 1. The van der Waals surface area contributed by atoms with Crippen molar-refractivity contribution in [1.29, 1.82) is 0 Å². The summed E-state index contributed by atoms with van der Waals surface area (Å²) in [7, 11) is 0. The largest absolute Gasteiger partial charge is 0.481 e. The van der Waals surface area contributed by atoms with Crippen molar-refractivity contribution >= 4 is 35.0 Å². The zero-order valence-electron chi connectivity index (χ0n) is 26.6. The van der Waals surface area contributed by atoms with Crippen LogP contribution in [0.1, 0.15) is 51.3 Å². The predicted molar refractivity (Wildman–Crippen MR) is 171 cm³/mol. The van der Waals surface area contributed by atoms with Crippen molar-refractivity contribution in [2.45, 2.75) is 71.7 Å². The van der Waals surface area contributed by atoms with E-state index in [1.54, 1.807) is 11.3 Å². The molecule has 45 heavy (non-hydrogen) atoms. The number of aliphatic hydroxyl groups excluding tert-OH is 1. The number of carboxylic acid groups (broad SMARTS) is 1. The molecule has 4 N–H and O–H groups in total. The minimum Gasteiger partial charge on any atom is -0.481 e. The number of nitrogens with zero attached hydrogens (tertiary/aromatic N) is 4. The van der Waals surface area contributed by atoms with Gasteiger partial charge in [0.15, 0.2) is 0 Å². The Bertz CT molecular complexity index is 1330. The normalized spacial score (nSPS) is 20.2. The molecule has 2 aromatic rings. The lowest BCUT2D eigenvalue weighted by atomic mass is 9.85. The summed E-state index contributed by atoms with van der Waals surface area (Å²) >= 11 is 1.58. The van der Waals surface area contributed by atoms with Crippen LogP contribution < -0.4 is 10.6 Å². The maximum Gasteiger partial charge on any atom is 0.304 e. The first-order chi connectivity index (χ1) is 21.3. The van der Waals surface area contributed by atoms with Gasteiger partial charge in [0.2, 0.25) is 17.7 Å². The number of piperazine rings is 1. The van der Waals surface area contributed by atoms with Crippen LogP contribution in [-0.2, 0) is 25.7 Å². The van der Waals surface area contributed by atoms with E-state index in [1.165, 1.54) is 4.90 Å². The van der Waals surface area contributed by atoms with E-state index >= 15 is 0 Å². The highest BCUT2D eigenvalue weighted by atomic mass is 32.1. The number of aryl methyl sites for hydroxylation is 1. The highest BCUT2D eigenvalue weighted by Gasteiger charge is 2.44. The van der Waals surface area contributed by atoms with Gasteiger partial charge in [0, 0.05) is 65.2 Å². The molecule has 0 unspecified atom stereocenters. The summed E-state index contributed by atoms with van der Waals surface area (Å²) in [6.45, 7) is 11.9. The fourth-order valence-corrected chi connectivity index (χ4v) is 6.58. The van der Waals surface area contributed by atoms with Gasteiger partial charge in [0.25, 0.3) is 0 Å². The molecule has 0 aliphatic carbocycles. The van der Waals surface area contributed by atoms with Gasteiger partial charge in [-0.3, -0.25) is 19.2 Å². The second kappa shape index (κ2) is 15.3. The molecule has 1 aromatic carbocycles. The monoisotopic (exact) mass is 642 g/mol. The number of likely N-dealkylation sites (tertiary alicyclic amines) is 1. The molecular formula is C32H46N6O6S. The smallest absolute Gasteiger partial charge is 0.304 e. The second-order valence-electron chi connectivity index (χ2n) is 13.0. The standard InChI is InChI=1S/C32H46N6O6S/c1-21-28(45-20-34-21)23-7-5-22(6-8-23)18-33-30(43)25-17-24(39)19-38(25)31(44)29(32(2,3)4)35-26(40)9-11-36-13-15-37(16-14-36)12-10-27(41)42/h5-8,20,24-25,29,39H,9-19H2,1-4H3,(H,33,43)(H,35,40)(H,41,42)/t24-,25+,29-/m1/s1. The van der Waals surface area contributed by atoms with Gasteiger partial charge in [0.05, 0.1) is 28.6 Å². The molecule has 2 aliphatic heterocycles. The molecule has 12 nitrogen and oxygen atoms in total. The number of hydrogen-bond donors (Lipinski definition) is 4. The van der Waals surface area contributed by atoms with Gasteiger partial charge in [-0.2, -0.15) is 0 Å². The number of hydrogen-bond acceptors (Lipinski definition) is 9. The number of carboxylic acids is 1. The van der Waals surface area contributed by atoms with Crippen LogP contribution in [0.2, 0.25) is 0 Å². The highest BCUT2D eigenvalue weighted by Crippen LogP contribution is 2.28. The zero-order chi connectivity index (χ0) is 32.7. The lowest BCUT2D eigenvalue weighted by molar-refractivity contribution is -0.144. The van der Waals surface area contributed by atoms with Gasteiger partial charge >= 0.3 is 5.97 Å². The Labute approximate surface area is 268 Å². The van der Waals surface area contributed by atoms with Gasteiger partial charge in [-0.15, -0.1) is 11.3 Å². The summed E-state index contributed by atoms with van der Waals surface area (Å²) in [4.78, 5) is 62.1. The molecule has 2 aliphatic rings. The first-order valence-corrected chi connectivity index (χ1v) is 16.4. The minimum absolute atomic E-state index is 0.0222. The SMILES string of the molecule is Cc1ncsc1-c1ccc(CNC(=O)[C@@H]2C[C@@H](O)CN2C(=O)[C@@H](NC(=O)CCN2CCN(CCC(=O)O)CC2)C(C)(C)C)cc1. The van der Waals surface area contributed by atoms with Crippen molar-refractivity contribution in [3.8, 4) is 10.4 Å². The Kier molecular flexibility index (Phi) is 11.7. The molecule has 3 atom stereocenters. The van der Waals surface area contributed by atoms with Crippen LogP contribution in [0.25, 0.3) is 10.4 Å². The number of aromatic nitrogens is 1. The Hall–Kier alpha value is -3.39. The van der Waals surface area contributed by atoms with Gasteiger partial charge in [-0.05, 0) is 23.5 Å². The molecule has 4 rings (SSSR count). The number of thiazole rings is 1. The van der Waals surface area contributed by atoms with E-state index in [0.29, 0.717) is 13.1 Å². The van der Waals surface area contributed by atoms with Gasteiger partial charge < -0.3 is 35.5 Å². The summed E-state index contributed by atoms with van der Waals surface area (Å²) in [5, 5.41) is 25.2. The number of aliphatic carboxylic acids is 1. The number of carbonyl (C=O) groups is 4. The van der Waals surface area contributed by atoms with Crippen LogP contribution in [0.4, 0.5) is 0 Å². The predicted octanol–water partition coefficient (Wildman–Crippen LogP) is 1.71. The van der Waals surface area contributed by atoms with Crippen LogP contribution in [-0.4, -0.2) is 118 Å². The molecule has 3 amide bonds. The van der Waals surface area contributed by atoms with Gasteiger partial charge in [-0.25, -0.2) is 4.98 Å². The minimum atomic E-state index is -0.874. The third-order valence-electron chi connectivity index (χ3n) is 8.47. The number of amides is 3. The average Bonchev–Trinajstić information content (AvgIpc) is 3.61. The van der Waals surface area contributed by atoms with Crippen molar-refractivity contribution in [2.24, 2.45) is 5.41 Å². The molecule has 0 saturated carbocycles. The van der Waals surface area contributed by atoms with E-state index < -0.39 is 29.6 Å². The Morgan fingerprint density at radius 3 is 2.20 bits per heavy atom. The second-order valence-corrected chi connectivity index (χ2v) is 13.9. The molecule has 0 radical (unpaired) electrons. The van der Waals surface area contributed by atoms with E-state index in [2.05, 4.69) is 25.4 Å². The van der Waals surface area contributed by atoms with E-state index in [4.69, 9.17) is 5.11 Å². The summed E-state index contributed by atoms with van der Waals surface area (Å²) in [6.07, 6.45) is -0.381. The van der Waals surface area contributed by atoms with Gasteiger partial charge in [0.1, 0.15) is 12.1 Å². The van der Waals surface area contributed by atoms with Crippen molar-refractivity contribution in [3.05, 3.63) is 41.0 Å². The maximum absolute atomic E-state index is 13.8. The molecule has 2 saturated heterocycles. The highest BCUT2D eigenvalue weighted by molar-refractivity contribution is 7.13. The number of β-amino-alcohol motifs (C(OH)–C–C–N with tert-alkyl or cyclic N) is 1. The Morgan fingerprint density at radius 1 is 1.02 bits per heavy atom. The van der Waals surface area contributed by atoms with Crippen LogP contribution >= 0.6 is 11.3 Å². The molecule has 3 heterocycles. The van der Waals surface area contributed by atoms with Gasteiger partial charge in [-0.1, -0.05) is 45.0 Å². The summed E-state index contributed by atoms with van der Waals surface area (Å²) < 4.78 is 0. The molecule has 2 fully saturated rings. The van der Waals surface area contributed by atoms with Crippen molar-refractivity contribution in [1.82, 2.24) is 30.3 Å². The first kappa shape index (κ1) is 34.5. The number of rotatable bonds is 12. The molecule has 246 valence electrons. The molecule has 0 bridgehead atoms. The molecular weight excluding hydrogens is 596 g/mol. The lowest BCUT2D eigenvalue weighted by Gasteiger charge is -2.36. The molecule has 13 heteroatoms. The Morgan fingerprint density at radius 2 is 1.64 bits per heavy atom. The number of benzene rings is 1. The van der Waals surface area contributed by atoms with Crippen LogP contribution in [0, 0.1) is 12.3 Å². The summed E-state index contributed by atoms with van der Waals surface area (Å²) in [5.41, 5.74) is 4.13. The van der Waals surface area contributed by atoms with E-state index in [1.807, 2.05) is 57.5 Å². The maximum atomic E-state index is 13.8. The van der Waals surface area contributed by atoms with E-state index in [9.17, 15) is 24.3 Å². The molecule has 0 spiro atoms. The Balaban J connectivity index is 1.30. The lowest BCUT2D eigenvalue weighted by Crippen LogP contribution is -2.58. The average molecular weight is 643 g/mol. The number of nitrogens with one attached hydrogen (secondary N) is 2. The first-order valence-electron chi connectivity index (χ1n) is 15.5. The van der Waals surface area contributed by atoms with Crippen LogP contribution in [0.5, 0.6) is 0 Å².